The lowest BCUT2D eigenvalue weighted by atomic mass is 9.64. The van der Waals surface area contributed by atoms with E-state index in [9.17, 15) is 0 Å². The van der Waals surface area contributed by atoms with Gasteiger partial charge in [-0.05, 0) is 32.8 Å². The van der Waals surface area contributed by atoms with Gasteiger partial charge in [0.2, 0.25) is 0 Å². The average Bonchev–Trinajstić information content (AvgIpc) is 2.30. The molecule has 0 unspecified atom stereocenters. The number of rotatable bonds is 5. The Morgan fingerprint density at radius 1 is 1.37 bits per heavy atom. The van der Waals surface area contributed by atoms with Gasteiger partial charge >= 0.3 is 0 Å². The Balaban J connectivity index is 2.53. The smallest absolute Gasteiger partial charge is 0.165 e. The molecular formula is C15H22ClNO2. The molecule has 1 aliphatic carbocycles. The van der Waals surface area contributed by atoms with Crippen molar-refractivity contribution in [3.63, 3.8) is 0 Å². The van der Waals surface area contributed by atoms with Gasteiger partial charge in [-0.1, -0.05) is 18.0 Å². The summed E-state index contributed by atoms with van der Waals surface area (Å²) in [5, 5.41) is 0.669. The minimum Gasteiger partial charge on any atom is -0.493 e. The molecule has 0 bridgehead atoms. The fourth-order valence-electron chi connectivity index (χ4n) is 2.66. The van der Waals surface area contributed by atoms with E-state index in [4.69, 9.17) is 26.8 Å². The fourth-order valence-corrected chi connectivity index (χ4v) is 2.87. The Hall–Kier alpha value is -0.930. The molecule has 106 valence electrons. The molecule has 0 aromatic heterocycles. The second-order valence-corrected chi connectivity index (χ2v) is 5.93. The zero-order chi connectivity index (χ0) is 14.0. The Bertz CT molecular complexity index is 450. The molecule has 1 saturated carbocycles. The van der Waals surface area contributed by atoms with Crippen LogP contribution in [0.4, 0.5) is 0 Å². The molecule has 3 nitrogen and oxygen atoms in total. The van der Waals surface area contributed by atoms with E-state index >= 15 is 0 Å². The zero-order valence-corrected chi connectivity index (χ0v) is 12.6. The van der Waals surface area contributed by atoms with Crippen LogP contribution < -0.4 is 15.2 Å². The highest BCUT2D eigenvalue weighted by atomic mass is 35.5. The highest BCUT2D eigenvalue weighted by Crippen LogP contribution is 2.50. The van der Waals surface area contributed by atoms with Crippen molar-refractivity contribution in [2.45, 2.75) is 44.6 Å². The minimum atomic E-state index is 0.00238. The Morgan fingerprint density at radius 2 is 2.05 bits per heavy atom. The van der Waals surface area contributed by atoms with Crippen LogP contribution in [0.15, 0.2) is 12.1 Å². The van der Waals surface area contributed by atoms with Gasteiger partial charge in [-0.15, -0.1) is 0 Å². The number of benzene rings is 1. The minimum absolute atomic E-state index is 0.00238. The van der Waals surface area contributed by atoms with Crippen molar-refractivity contribution in [3.05, 3.63) is 22.7 Å². The van der Waals surface area contributed by atoms with Crippen LogP contribution in [0.2, 0.25) is 5.02 Å². The van der Waals surface area contributed by atoms with Crippen LogP contribution in [0.3, 0.4) is 0 Å². The molecule has 1 aliphatic rings. The zero-order valence-electron chi connectivity index (χ0n) is 11.8. The van der Waals surface area contributed by atoms with Crippen molar-refractivity contribution in [1.29, 1.82) is 0 Å². The standard InChI is InChI=1S/C15H22ClNO2/c1-10(2)19-14-12(15(9-17)5-4-6-15)7-11(16)8-13(14)18-3/h7-8,10H,4-6,9,17H2,1-3H3. The van der Waals surface area contributed by atoms with Gasteiger partial charge in [-0.3, -0.25) is 0 Å². The first kappa shape index (κ1) is 14.5. The third-order valence-corrected chi connectivity index (χ3v) is 4.08. The summed E-state index contributed by atoms with van der Waals surface area (Å²) in [5.74, 6) is 1.49. The maximum Gasteiger partial charge on any atom is 0.165 e. The number of hydrogen-bond acceptors (Lipinski definition) is 3. The summed E-state index contributed by atoms with van der Waals surface area (Å²) in [6, 6.07) is 3.78. The van der Waals surface area contributed by atoms with Crippen LogP contribution in [0, 0.1) is 0 Å². The van der Waals surface area contributed by atoms with Gasteiger partial charge < -0.3 is 15.2 Å². The molecule has 4 heteroatoms. The highest BCUT2D eigenvalue weighted by molar-refractivity contribution is 6.30. The van der Waals surface area contributed by atoms with Crippen LogP contribution in [-0.4, -0.2) is 19.8 Å². The summed E-state index contributed by atoms with van der Waals surface area (Å²) < 4.78 is 11.4. The van der Waals surface area contributed by atoms with E-state index in [0.717, 1.165) is 24.2 Å². The van der Waals surface area contributed by atoms with Crippen LogP contribution in [0.25, 0.3) is 0 Å². The van der Waals surface area contributed by atoms with Crippen LogP contribution in [-0.2, 0) is 5.41 Å². The molecule has 1 fully saturated rings. The largest absolute Gasteiger partial charge is 0.493 e. The summed E-state index contributed by atoms with van der Waals surface area (Å²) >= 11 is 6.21. The summed E-state index contributed by atoms with van der Waals surface area (Å²) in [5.41, 5.74) is 7.10. The van der Waals surface area contributed by atoms with Crippen molar-refractivity contribution in [2.75, 3.05) is 13.7 Å². The molecule has 1 aromatic carbocycles. The van der Waals surface area contributed by atoms with Crippen molar-refractivity contribution in [1.82, 2.24) is 0 Å². The Labute approximate surface area is 120 Å². The van der Waals surface area contributed by atoms with Gasteiger partial charge in [-0.25, -0.2) is 0 Å². The molecule has 0 spiro atoms. The maximum atomic E-state index is 6.21. The molecular weight excluding hydrogens is 262 g/mol. The maximum absolute atomic E-state index is 6.21. The van der Waals surface area contributed by atoms with Crippen molar-refractivity contribution in [2.24, 2.45) is 5.73 Å². The molecule has 0 saturated heterocycles. The SMILES string of the molecule is COc1cc(Cl)cc(C2(CN)CCC2)c1OC(C)C. The molecule has 2 N–H and O–H groups in total. The van der Waals surface area contributed by atoms with Gasteiger partial charge in [0, 0.05) is 28.6 Å². The van der Waals surface area contributed by atoms with Gasteiger partial charge in [0.15, 0.2) is 11.5 Å². The van der Waals surface area contributed by atoms with Gasteiger partial charge in [0.25, 0.3) is 0 Å². The van der Waals surface area contributed by atoms with Crippen LogP contribution in [0.5, 0.6) is 11.5 Å². The van der Waals surface area contributed by atoms with E-state index in [2.05, 4.69) is 0 Å². The lowest BCUT2D eigenvalue weighted by molar-refractivity contribution is 0.202. The summed E-state index contributed by atoms with van der Waals surface area (Å²) in [7, 11) is 1.64. The Kier molecular flexibility index (Phi) is 4.26. The van der Waals surface area contributed by atoms with Crippen molar-refractivity contribution < 1.29 is 9.47 Å². The molecule has 1 aromatic rings. The van der Waals surface area contributed by atoms with Crippen molar-refractivity contribution in [3.8, 4) is 11.5 Å². The highest BCUT2D eigenvalue weighted by Gasteiger charge is 2.40. The number of nitrogens with two attached hydrogens (primary N) is 1. The first-order valence-electron chi connectivity index (χ1n) is 6.77. The van der Waals surface area contributed by atoms with Crippen LogP contribution >= 0.6 is 11.6 Å². The molecule has 0 heterocycles. The van der Waals surface area contributed by atoms with E-state index in [0.29, 0.717) is 17.3 Å². The van der Waals surface area contributed by atoms with Gasteiger partial charge in [0.1, 0.15) is 0 Å². The summed E-state index contributed by atoms with van der Waals surface area (Å²) in [4.78, 5) is 0. The first-order chi connectivity index (χ1) is 9.02. The predicted molar refractivity (Wildman–Crippen MR) is 78.4 cm³/mol. The molecule has 0 amide bonds. The summed E-state index contributed by atoms with van der Waals surface area (Å²) in [6.45, 7) is 4.63. The van der Waals surface area contributed by atoms with E-state index < -0.39 is 0 Å². The van der Waals surface area contributed by atoms with E-state index in [1.54, 1.807) is 13.2 Å². The molecule has 2 rings (SSSR count). The second-order valence-electron chi connectivity index (χ2n) is 5.49. The number of hydrogen-bond donors (Lipinski definition) is 1. The molecule has 19 heavy (non-hydrogen) atoms. The number of halogens is 1. The average molecular weight is 284 g/mol. The lowest BCUT2D eigenvalue weighted by Gasteiger charge is -2.42. The van der Waals surface area contributed by atoms with E-state index in [1.807, 2.05) is 19.9 Å². The fraction of sp³-hybridized carbons (Fsp3) is 0.600. The lowest BCUT2D eigenvalue weighted by Crippen LogP contribution is -2.42. The topological polar surface area (TPSA) is 44.5 Å². The van der Waals surface area contributed by atoms with E-state index in [1.165, 1.54) is 6.42 Å². The van der Waals surface area contributed by atoms with Gasteiger partial charge in [-0.2, -0.15) is 0 Å². The number of ether oxygens (including phenoxy) is 2. The normalized spacial score (nSPS) is 17.2. The quantitative estimate of drug-likeness (QED) is 0.899. The monoisotopic (exact) mass is 283 g/mol. The van der Waals surface area contributed by atoms with Gasteiger partial charge in [0.05, 0.1) is 13.2 Å². The summed E-state index contributed by atoms with van der Waals surface area (Å²) in [6.07, 6.45) is 3.46. The number of methoxy groups -OCH3 is 1. The molecule has 0 aliphatic heterocycles. The third kappa shape index (κ3) is 2.67. The third-order valence-electron chi connectivity index (χ3n) is 3.87. The molecule has 0 atom stereocenters. The predicted octanol–water partition coefficient (Wildman–Crippen LogP) is 3.52. The first-order valence-corrected chi connectivity index (χ1v) is 7.15. The molecule has 0 radical (unpaired) electrons. The second kappa shape index (κ2) is 5.59. The van der Waals surface area contributed by atoms with E-state index in [-0.39, 0.29) is 11.5 Å². The Morgan fingerprint density at radius 3 is 2.47 bits per heavy atom. The van der Waals surface area contributed by atoms with Crippen molar-refractivity contribution >= 4 is 11.6 Å². The van der Waals surface area contributed by atoms with Crippen LogP contribution in [0.1, 0.15) is 38.7 Å².